The number of rotatable bonds is 13. The Labute approximate surface area is 235 Å². The number of hydrogen-bond acceptors (Lipinski definition) is 6. The molecule has 210 valence electrons. The maximum Gasteiger partial charge on any atom is 0.321 e. The number of thiol groups is 1. The summed E-state index contributed by atoms with van der Waals surface area (Å²) in [6.07, 6.45) is 3.66. The molecule has 4 aromatic rings. The van der Waals surface area contributed by atoms with E-state index in [4.69, 9.17) is 0 Å². The van der Waals surface area contributed by atoms with Crippen LogP contribution in [0.2, 0.25) is 0 Å². The Morgan fingerprint density at radius 3 is 2.17 bits per heavy atom. The molecule has 4 rings (SSSR count). The van der Waals surface area contributed by atoms with Crippen molar-refractivity contribution in [3.8, 4) is 0 Å². The van der Waals surface area contributed by atoms with Gasteiger partial charge in [0, 0.05) is 71.9 Å². The first kappa shape index (κ1) is 28.7. The van der Waals surface area contributed by atoms with E-state index >= 15 is 0 Å². The molecule has 0 aliphatic heterocycles. The molecule has 0 fully saturated rings. The Hall–Kier alpha value is -4.29. The van der Waals surface area contributed by atoms with Crippen molar-refractivity contribution in [1.29, 1.82) is 0 Å². The number of carboxylic acid groups (broad SMARTS) is 1. The number of carbonyl (C=O) groups excluding carboxylic acids is 3. The van der Waals surface area contributed by atoms with Gasteiger partial charge in [0.1, 0.15) is 18.1 Å². The molecule has 3 atom stereocenters. The SMILES string of the molecule is CC(=O)NC(C(=O)NC(Cc1c[nH]c2ccccc12)C(=O)NCCNC(CS)C(=O)O)c1c[nH]c2ccccc12. The fraction of sp³-hybridized carbons (Fsp3) is 0.286. The number of fused-ring (bicyclic) bond motifs is 2. The Balaban J connectivity index is 1.55. The van der Waals surface area contributed by atoms with Crippen LogP contribution in [-0.4, -0.2) is 69.7 Å². The van der Waals surface area contributed by atoms with Crippen LogP contribution in [0.25, 0.3) is 21.8 Å². The molecule has 7 N–H and O–H groups in total. The number of aliphatic carboxylic acids is 1. The molecular formula is C28H32N6O5S. The smallest absolute Gasteiger partial charge is 0.321 e. The van der Waals surface area contributed by atoms with Gasteiger partial charge in [-0.2, -0.15) is 12.6 Å². The van der Waals surface area contributed by atoms with Gasteiger partial charge in [-0.15, -0.1) is 0 Å². The largest absolute Gasteiger partial charge is 0.480 e. The number of carbonyl (C=O) groups is 4. The average Bonchev–Trinajstić information content (AvgIpc) is 3.55. The Bertz CT molecular complexity index is 1520. The van der Waals surface area contributed by atoms with Crippen LogP contribution in [0.3, 0.4) is 0 Å². The molecule has 12 heteroatoms. The molecule has 3 amide bonds. The fourth-order valence-corrected chi connectivity index (χ4v) is 4.88. The predicted octanol–water partition coefficient (Wildman–Crippen LogP) is 1.64. The lowest BCUT2D eigenvalue weighted by atomic mass is 10.0. The average molecular weight is 565 g/mol. The zero-order chi connectivity index (χ0) is 28.6. The molecule has 0 aliphatic carbocycles. The van der Waals surface area contributed by atoms with Crippen LogP contribution in [-0.2, 0) is 25.6 Å². The topological polar surface area (TPSA) is 168 Å². The molecule has 0 saturated carbocycles. The van der Waals surface area contributed by atoms with Crippen LogP contribution in [0.4, 0.5) is 0 Å². The number of aromatic nitrogens is 2. The quantitative estimate of drug-likeness (QED) is 0.0907. The summed E-state index contributed by atoms with van der Waals surface area (Å²) in [6.45, 7) is 1.66. The number of H-pyrrole nitrogens is 2. The van der Waals surface area contributed by atoms with E-state index in [1.54, 1.807) is 12.4 Å². The summed E-state index contributed by atoms with van der Waals surface area (Å²) in [6, 6.07) is 12.2. The third kappa shape index (κ3) is 6.82. The third-order valence-electron chi connectivity index (χ3n) is 6.57. The summed E-state index contributed by atoms with van der Waals surface area (Å²) in [5, 5.41) is 22.0. The molecule has 0 radical (unpaired) electrons. The van der Waals surface area contributed by atoms with Gasteiger partial charge in [-0.1, -0.05) is 36.4 Å². The first-order chi connectivity index (χ1) is 19.3. The zero-order valence-electron chi connectivity index (χ0n) is 21.9. The summed E-state index contributed by atoms with van der Waals surface area (Å²) in [4.78, 5) is 56.6. The number of para-hydroxylation sites is 2. The minimum atomic E-state index is -1.04. The highest BCUT2D eigenvalue weighted by atomic mass is 32.1. The van der Waals surface area contributed by atoms with Crippen LogP contribution in [0.1, 0.15) is 24.1 Å². The number of nitrogens with one attached hydrogen (secondary N) is 6. The highest BCUT2D eigenvalue weighted by molar-refractivity contribution is 7.80. The summed E-state index contributed by atoms with van der Waals surface area (Å²) >= 11 is 4.02. The summed E-state index contributed by atoms with van der Waals surface area (Å²) < 4.78 is 0. The van der Waals surface area contributed by atoms with E-state index in [1.807, 2.05) is 48.5 Å². The predicted molar refractivity (Wildman–Crippen MR) is 155 cm³/mol. The van der Waals surface area contributed by atoms with E-state index in [1.165, 1.54) is 6.92 Å². The highest BCUT2D eigenvalue weighted by Crippen LogP contribution is 2.25. The molecule has 0 bridgehead atoms. The maximum absolute atomic E-state index is 13.6. The Morgan fingerprint density at radius 2 is 1.50 bits per heavy atom. The summed E-state index contributed by atoms with van der Waals surface area (Å²) in [5.74, 6) is -2.32. The van der Waals surface area contributed by atoms with E-state index in [-0.39, 0.29) is 25.3 Å². The van der Waals surface area contributed by atoms with Gasteiger partial charge in [0.2, 0.25) is 17.7 Å². The molecule has 3 unspecified atom stereocenters. The van der Waals surface area contributed by atoms with Gasteiger partial charge in [-0.25, -0.2) is 0 Å². The monoisotopic (exact) mass is 564 g/mol. The van der Waals surface area contributed by atoms with Crippen molar-refractivity contribution in [1.82, 2.24) is 31.2 Å². The number of carboxylic acids is 1. The molecule has 2 aromatic heterocycles. The lowest BCUT2D eigenvalue weighted by Crippen LogP contribution is -2.52. The lowest BCUT2D eigenvalue weighted by Gasteiger charge is -2.23. The van der Waals surface area contributed by atoms with Gasteiger partial charge in [-0.05, 0) is 17.7 Å². The van der Waals surface area contributed by atoms with Crippen LogP contribution >= 0.6 is 12.6 Å². The molecule has 11 nitrogen and oxygen atoms in total. The highest BCUT2D eigenvalue weighted by Gasteiger charge is 2.29. The van der Waals surface area contributed by atoms with Crippen molar-refractivity contribution >= 4 is 58.1 Å². The molecule has 0 saturated heterocycles. The lowest BCUT2D eigenvalue weighted by molar-refractivity contribution is -0.138. The van der Waals surface area contributed by atoms with Gasteiger partial charge in [-0.3, -0.25) is 19.2 Å². The zero-order valence-corrected chi connectivity index (χ0v) is 22.8. The fourth-order valence-electron chi connectivity index (χ4n) is 4.59. The molecule has 2 heterocycles. The number of amides is 3. The maximum atomic E-state index is 13.6. The number of hydrogen-bond donors (Lipinski definition) is 8. The van der Waals surface area contributed by atoms with Crippen LogP contribution in [0.15, 0.2) is 60.9 Å². The number of aromatic amines is 2. The molecular weight excluding hydrogens is 532 g/mol. The Kier molecular flexibility index (Phi) is 9.46. The van der Waals surface area contributed by atoms with Gasteiger partial charge in [0.25, 0.3) is 0 Å². The molecule has 0 spiro atoms. The summed E-state index contributed by atoms with van der Waals surface area (Å²) in [7, 11) is 0. The standard InChI is InChI=1S/C28H32N6O5S/c1-16(35)33-25(20-14-32-22-9-5-3-7-19(20)22)27(37)34-23(12-17-13-31-21-8-4-2-6-18(17)21)26(36)30-11-10-29-24(15-40)28(38)39/h2-9,13-14,23-25,29,31-32,40H,10-12,15H2,1H3,(H,30,36)(H,33,35)(H,34,37)(H,38,39). The normalized spacial score (nSPS) is 13.4. The molecule has 40 heavy (non-hydrogen) atoms. The van der Waals surface area contributed by atoms with Crippen molar-refractivity contribution in [2.24, 2.45) is 0 Å². The van der Waals surface area contributed by atoms with Gasteiger partial charge in [0.15, 0.2) is 0 Å². The van der Waals surface area contributed by atoms with Crippen molar-refractivity contribution < 1.29 is 24.3 Å². The number of benzene rings is 2. The molecule has 2 aromatic carbocycles. The summed E-state index contributed by atoms with van der Waals surface area (Å²) in [5.41, 5.74) is 3.11. The van der Waals surface area contributed by atoms with Crippen LogP contribution < -0.4 is 21.3 Å². The van der Waals surface area contributed by atoms with E-state index < -0.39 is 41.8 Å². The van der Waals surface area contributed by atoms with E-state index in [0.717, 1.165) is 27.4 Å². The van der Waals surface area contributed by atoms with Crippen LogP contribution in [0, 0.1) is 0 Å². The van der Waals surface area contributed by atoms with Gasteiger partial charge in [0.05, 0.1) is 0 Å². The third-order valence-corrected chi connectivity index (χ3v) is 6.93. The van der Waals surface area contributed by atoms with Crippen molar-refractivity contribution in [2.45, 2.75) is 31.5 Å². The van der Waals surface area contributed by atoms with Gasteiger partial charge < -0.3 is 36.3 Å². The van der Waals surface area contributed by atoms with E-state index in [0.29, 0.717) is 5.56 Å². The molecule has 0 aliphatic rings. The second-order valence-electron chi connectivity index (χ2n) is 9.37. The first-order valence-corrected chi connectivity index (χ1v) is 13.4. The minimum Gasteiger partial charge on any atom is -0.480 e. The second kappa shape index (κ2) is 13.2. The second-order valence-corrected chi connectivity index (χ2v) is 9.73. The van der Waals surface area contributed by atoms with Crippen molar-refractivity contribution in [3.05, 3.63) is 72.1 Å². The van der Waals surface area contributed by atoms with Crippen molar-refractivity contribution in [2.75, 3.05) is 18.8 Å². The minimum absolute atomic E-state index is 0.0981. The van der Waals surface area contributed by atoms with E-state index in [9.17, 15) is 24.3 Å². The first-order valence-electron chi connectivity index (χ1n) is 12.8. The van der Waals surface area contributed by atoms with Crippen LogP contribution in [0.5, 0.6) is 0 Å². The Morgan fingerprint density at radius 1 is 0.850 bits per heavy atom. The van der Waals surface area contributed by atoms with Gasteiger partial charge >= 0.3 is 5.97 Å². The van der Waals surface area contributed by atoms with E-state index in [2.05, 4.69) is 43.9 Å². The van der Waals surface area contributed by atoms with Crippen molar-refractivity contribution in [3.63, 3.8) is 0 Å².